The Hall–Kier alpha value is -2.72. The van der Waals surface area contributed by atoms with Gasteiger partial charge in [-0.1, -0.05) is 36.4 Å². The predicted octanol–water partition coefficient (Wildman–Crippen LogP) is 3.36. The molecule has 22 heavy (non-hydrogen) atoms. The summed E-state index contributed by atoms with van der Waals surface area (Å²) in [5.74, 6) is 0.0901. The average Bonchev–Trinajstić information content (AvgIpc) is 2.54. The van der Waals surface area contributed by atoms with Gasteiger partial charge in [-0.3, -0.25) is 4.98 Å². The van der Waals surface area contributed by atoms with Crippen LogP contribution >= 0.6 is 0 Å². The van der Waals surface area contributed by atoms with Crippen molar-refractivity contribution in [1.82, 2.24) is 4.98 Å². The number of methoxy groups -OCH3 is 1. The van der Waals surface area contributed by atoms with Gasteiger partial charge in [0.05, 0.1) is 5.69 Å². The van der Waals surface area contributed by atoms with Gasteiger partial charge in [-0.15, -0.1) is 0 Å². The number of nitrogens with zero attached hydrogens (tertiary/aromatic N) is 1. The van der Waals surface area contributed by atoms with Gasteiger partial charge in [0.2, 0.25) is 0 Å². The van der Waals surface area contributed by atoms with Gasteiger partial charge in [-0.05, 0) is 35.9 Å². The summed E-state index contributed by atoms with van der Waals surface area (Å²) in [6.07, 6.45) is 9.50. The van der Waals surface area contributed by atoms with Crippen molar-refractivity contribution >= 4 is 18.1 Å². The first kappa shape index (κ1) is 15.7. The van der Waals surface area contributed by atoms with E-state index < -0.39 is 5.97 Å². The van der Waals surface area contributed by atoms with Crippen LogP contribution in [0.3, 0.4) is 0 Å². The number of carbonyl (C=O) groups excluding carboxylic acids is 1. The Bertz CT molecular complexity index is 646. The van der Waals surface area contributed by atoms with E-state index in [0.717, 1.165) is 11.3 Å². The van der Waals surface area contributed by atoms with Crippen LogP contribution in [0.15, 0.2) is 60.8 Å². The maximum absolute atomic E-state index is 11.3. The van der Waals surface area contributed by atoms with Crippen LogP contribution in [-0.4, -0.2) is 24.7 Å². The van der Waals surface area contributed by atoms with Gasteiger partial charge in [0.25, 0.3) is 0 Å². The van der Waals surface area contributed by atoms with Crippen molar-refractivity contribution < 1.29 is 14.3 Å². The number of aromatic nitrogens is 1. The summed E-state index contributed by atoms with van der Waals surface area (Å²) in [4.78, 5) is 15.5. The van der Waals surface area contributed by atoms with Crippen LogP contribution in [-0.2, 0) is 9.53 Å². The SMILES string of the molecule is COCC(=O)Oc1ccc(/C=C/C=C/c2ccccn2)cc1. The Morgan fingerprint density at radius 1 is 1.09 bits per heavy atom. The molecule has 0 spiro atoms. The molecule has 0 bridgehead atoms. The second-order valence-electron chi connectivity index (χ2n) is 4.45. The van der Waals surface area contributed by atoms with Gasteiger partial charge in [-0.25, -0.2) is 4.79 Å². The minimum absolute atomic E-state index is 0.0556. The lowest BCUT2D eigenvalue weighted by molar-refractivity contribution is -0.138. The normalized spacial score (nSPS) is 11.1. The molecule has 2 rings (SSSR count). The van der Waals surface area contributed by atoms with E-state index in [4.69, 9.17) is 9.47 Å². The number of allylic oxidation sites excluding steroid dienone is 2. The van der Waals surface area contributed by atoms with Crippen LogP contribution in [0, 0.1) is 0 Å². The van der Waals surface area contributed by atoms with E-state index in [1.165, 1.54) is 7.11 Å². The molecule has 2 aromatic rings. The highest BCUT2D eigenvalue weighted by atomic mass is 16.6. The van der Waals surface area contributed by atoms with Crippen LogP contribution in [0.5, 0.6) is 5.75 Å². The third-order valence-electron chi connectivity index (χ3n) is 2.73. The summed E-state index contributed by atoms with van der Waals surface area (Å²) in [7, 11) is 1.45. The van der Waals surface area contributed by atoms with Gasteiger partial charge in [0.1, 0.15) is 12.4 Å². The second-order valence-corrected chi connectivity index (χ2v) is 4.45. The summed E-state index contributed by atoms with van der Waals surface area (Å²) in [6.45, 7) is -0.0556. The number of hydrogen-bond donors (Lipinski definition) is 0. The van der Waals surface area contributed by atoms with Crippen LogP contribution < -0.4 is 4.74 Å². The van der Waals surface area contributed by atoms with Gasteiger partial charge in [-0.2, -0.15) is 0 Å². The first-order valence-corrected chi connectivity index (χ1v) is 6.83. The Kier molecular flexibility index (Phi) is 6.08. The van der Waals surface area contributed by atoms with E-state index in [-0.39, 0.29) is 6.61 Å². The lowest BCUT2D eigenvalue weighted by Crippen LogP contribution is -2.13. The monoisotopic (exact) mass is 295 g/mol. The molecule has 0 atom stereocenters. The molecule has 4 heteroatoms. The molecule has 1 aromatic heterocycles. The molecule has 0 aliphatic heterocycles. The number of esters is 1. The fraction of sp³-hybridized carbons (Fsp3) is 0.111. The highest BCUT2D eigenvalue weighted by Gasteiger charge is 2.02. The summed E-state index contributed by atoms with van der Waals surface area (Å²) in [5, 5.41) is 0. The Balaban J connectivity index is 1.89. The molecule has 0 fully saturated rings. The third kappa shape index (κ3) is 5.34. The minimum Gasteiger partial charge on any atom is -0.425 e. The summed E-state index contributed by atoms with van der Waals surface area (Å²) >= 11 is 0. The van der Waals surface area contributed by atoms with Gasteiger partial charge < -0.3 is 9.47 Å². The zero-order chi connectivity index (χ0) is 15.6. The van der Waals surface area contributed by atoms with E-state index in [9.17, 15) is 4.79 Å². The van der Waals surface area contributed by atoms with Crippen LogP contribution in [0.4, 0.5) is 0 Å². The zero-order valence-electron chi connectivity index (χ0n) is 12.3. The van der Waals surface area contributed by atoms with Crippen LogP contribution in [0.1, 0.15) is 11.3 Å². The van der Waals surface area contributed by atoms with Gasteiger partial charge >= 0.3 is 5.97 Å². The van der Waals surface area contributed by atoms with Crippen molar-refractivity contribution in [3.05, 3.63) is 72.1 Å². The number of ether oxygens (including phenoxy) is 2. The molecule has 0 aliphatic rings. The van der Waals surface area contributed by atoms with E-state index in [0.29, 0.717) is 5.75 Å². The number of pyridine rings is 1. The van der Waals surface area contributed by atoms with Gasteiger partial charge in [0.15, 0.2) is 0 Å². The summed E-state index contributed by atoms with van der Waals surface area (Å²) in [5.41, 5.74) is 1.92. The quantitative estimate of drug-likeness (QED) is 0.466. The fourth-order valence-corrected chi connectivity index (χ4v) is 1.72. The van der Waals surface area contributed by atoms with Crippen LogP contribution in [0.2, 0.25) is 0 Å². The molecule has 0 saturated carbocycles. The first-order chi connectivity index (χ1) is 10.8. The molecule has 112 valence electrons. The molecule has 0 radical (unpaired) electrons. The van der Waals surface area contributed by atoms with E-state index in [1.54, 1.807) is 18.3 Å². The highest BCUT2D eigenvalue weighted by Crippen LogP contribution is 2.13. The molecule has 4 nitrogen and oxygen atoms in total. The molecule has 0 N–H and O–H groups in total. The predicted molar refractivity (Wildman–Crippen MR) is 86.3 cm³/mol. The topological polar surface area (TPSA) is 48.4 Å². The molecule has 0 unspecified atom stereocenters. The molecule has 0 aliphatic carbocycles. The van der Waals surface area contributed by atoms with E-state index >= 15 is 0 Å². The molecule has 0 saturated heterocycles. The maximum atomic E-state index is 11.3. The largest absolute Gasteiger partial charge is 0.425 e. The molecule has 0 amide bonds. The Morgan fingerprint density at radius 2 is 1.86 bits per heavy atom. The lowest BCUT2D eigenvalue weighted by Gasteiger charge is -2.03. The lowest BCUT2D eigenvalue weighted by atomic mass is 10.2. The number of carbonyl (C=O) groups is 1. The average molecular weight is 295 g/mol. The number of benzene rings is 1. The summed E-state index contributed by atoms with van der Waals surface area (Å²) < 4.78 is 9.79. The van der Waals surface area contributed by atoms with E-state index in [1.807, 2.05) is 54.6 Å². The van der Waals surface area contributed by atoms with Gasteiger partial charge in [0, 0.05) is 13.3 Å². The zero-order valence-corrected chi connectivity index (χ0v) is 12.3. The van der Waals surface area contributed by atoms with Crippen LogP contribution in [0.25, 0.3) is 12.2 Å². The van der Waals surface area contributed by atoms with Crippen molar-refractivity contribution in [3.8, 4) is 5.75 Å². The molecule has 1 heterocycles. The van der Waals surface area contributed by atoms with E-state index in [2.05, 4.69) is 4.98 Å². The minimum atomic E-state index is -0.413. The van der Waals surface area contributed by atoms with Crippen molar-refractivity contribution in [2.45, 2.75) is 0 Å². The summed E-state index contributed by atoms with van der Waals surface area (Å²) in [6, 6.07) is 13.0. The number of hydrogen-bond acceptors (Lipinski definition) is 4. The van der Waals surface area contributed by atoms with Crippen molar-refractivity contribution in [2.75, 3.05) is 13.7 Å². The smallest absolute Gasteiger partial charge is 0.337 e. The molecular formula is C18H17NO3. The Labute approximate surface area is 129 Å². The Morgan fingerprint density at radius 3 is 2.55 bits per heavy atom. The highest BCUT2D eigenvalue weighted by molar-refractivity contribution is 5.73. The fourth-order valence-electron chi connectivity index (χ4n) is 1.72. The molecule has 1 aromatic carbocycles. The third-order valence-corrected chi connectivity index (χ3v) is 2.73. The van der Waals surface area contributed by atoms with Crippen molar-refractivity contribution in [1.29, 1.82) is 0 Å². The number of rotatable bonds is 6. The van der Waals surface area contributed by atoms with Crippen molar-refractivity contribution in [3.63, 3.8) is 0 Å². The maximum Gasteiger partial charge on any atom is 0.337 e. The molecular weight excluding hydrogens is 278 g/mol. The van der Waals surface area contributed by atoms with Crippen molar-refractivity contribution in [2.24, 2.45) is 0 Å². The second kappa shape index (κ2) is 8.54. The first-order valence-electron chi connectivity index (χ1n) is 6.83. The standard InChI is InChI=1S/C18H17NO3/c1-21-14-18(20)22-17-11-9-15(10-12-17)6-2-3-7-16-8-4-5-13-19-16/h2-13H,14H2,1H3/b6-2+,7-3+.